The Morgan fingerprint density at radius 1 is 1.12 bits per heavy atom. The van der Waals surface area contributed by atoms with Crippen LogP contribution in [0.4, 0.5) is 10.7 Å². The Bertz CT molecular complexity index is 1670. The lowest BCUT2D eigenvalue weighted by molar-refractivity contribution is 0.0377. The number of furan rings is 1. The summed E-state index contributed by atoms with van der Waals surface area (Å²) < 4.78 is 11.5. The van der Waals surface area contributed by atoms with Gasteiger partial charge in [-0.15, -0.1) is 11.3 Å². The number of fused-ring (bicyclic) bond motifs is 1. The van der Waals surface area contributed by atoms with E-state index in [-0.39, 0.29) is 23.4 Å². The topological polar surface area (TPSA) is 80.9 Å². The van der Waals surface area contributed by atoms with E-state index in [9.17, 15) is 9.59 Å². The first-order chi connectivity index (χ1) is 20.4. The normalized spacial score (nSPS) is 15.1. The van der Waals surface area contributed by atoms with E-state index < -0.39 is 0 Å². The second-order valence-corrected chi connectivity index (χ2v) is 13.9. The van der Waals surface area contributed by atoms with Crippen LogP contribution < -0.4 is 5.32 Å². The molecule has 6 nitrogen and oxygen atoms in total. The number of carbonyl (C=O) groups is 2. The van der Waals surface area contributed by atoms with E-state index >= 15 is 0 Å². The molecule has 1 aliphatic rings. The SMILES string of the molecule is Cc1cc(C(=O)OC(C)C)ccc1-c1ccc(C=Nc2sc3c(c2C(=O)Nc2ccc(Cl)cc2)CC[C@@H](C(C)(C)C)C3)o1. The smallest absolute Gasteiger partial charge is 0.338 e. The fourth-order valence-electron chi connectivity index (χ4n) is 5.40. The Kier molecular flexibility index (Phi) is 8.95. The molecule has 1 aliphatic carbocycles. The second kappa shape index (κ2) is 12.5. The van der Waals surface area contributed by atoms with Crippen molar-refractivity contribution >= 4 is 51.7 Å². The maximum absolute atomic E-state index is 13.6. The van der Waals surface area contributed by atoms with Crippen LogP contribution in [0.25, 0.3) is 11.3 Å². The van der Waals surface area contributed by atoms with E-state index in [0.717, 1.165) is 36.0 Å². The van der Waals surface area contributed by atoms with Crippen LogP contribution in [0.15, 0.2) is 64.0 Å². The molecular weight excluding hydrogens is 580 g/mol. The van der Waals surface area contributed by atoms with Gasteiger partial charge in [-0.2, -0.15) is 0 Å². The number of nitrogens with zero attached hydrogens (tertiary/aromatic N) is 1. The molecule has 0 saturated carbocycles. The summed E-state index contributed by atoms with van der Waals surface area (Å²) in [7, 11) is 0. The quantitative estimate of drug-likeness (QED) is 0.165. The minimum Gasteiger partial charge on any atom is -0.459 e. The molecule has 0 spiro atoms. The molecule has 4 aromatic rings. The first kappa shape index (κ1) is 30.8. The van der Waals surface area contributed by atoms with Gasteiger partial charge in [0.1, 0.15) is 16.5 Å². The average molecular weight is 617 g/mol. The third kappa shape index (κ3) is 7.11. The van der Waals surface area contributed by atoms with E-state index in [1.807, 2.05) is 45.0 Å². The Labute approximate surface area is 262 Å². The number of ether oxygens (including phenoxy) is 1. The fraction of sp³-hybridized carbons (Fsp3) is 0.343. The summed E-state index contributed by atoms with van der Waals surface area (Å²) in [6.07, 6.45) is 4.30. The van der Waals surface area contributed by atoms with E-state index in [0.29, 0.717) is 44.3 Å². The van der Waals surface area contributed by atoms with Crippen molar-refractivity contribution < 1.29 is 18.7 Å². The van der Waals surface area contributed by atoms with Gasteiger partial charge in [-0.1, -0.05) is 38.4 Å². The first-order valence-electron chi connectivity index (χ1n) is 14.6. The van der Waals surface area contributed by atoms with Gasteiger partial charge in [-0.3, -0.25) is 4.79 Å². The number of anilines is 1. The van der Waals surface area contributed by atoms with Gasteiger partial charge in [0.15, 0.2) is 0 Å². The van der Waals surface area contributed by atoms with Crippen LogP contribution in [0.2, 0.25) is 5.02 Å². The molecule has 0 saturated heterocycles. The summed E-state index contributed by atoms with van der Waals surface area (Å²) in [6.45, 7) is 12.4. The van der Waals surface area contributed by atoms with Gasteiger partial charge in [-0.25, -0.2) is 9.79 Å². The number of nitrogens with one attached hydrogen (secondary N) is 1. The lowest BCUT2D eigenvalue weighted by Crippen LogP contribution is -2.27. The number of thiophene rings is 1. The summed E-state index contributed by atoms with van der Waals surface area (Å²) in [5.74, 6) is 1.26. The Hall–Kier alpha value is -3.68. The van der Waals surface area contributed by atoms with Gasteiger partial charge in [0, 0.05) is 21.2 Å². The molecule has 224 valence electrons. The summed E-state index contributed by atoms with van der Waals surface area (Å²) in [5, 5.41) is 4.32. The molecule has 1 N–H and O–H groups in total. The summed E-state index contributed by atoms with van der Waals surface area (Å²) >= 11 is 7.64. The van der Waals surface area contributed by atoms with E-state index in [2.05, 4.69) is 26.1 Å². The number of hydrogen-bond acceptors (Lipinski definition) is 6. The number of hydrogen-bond donors (Lipinski definition) is 1. The van der Waals surface area contributed by atoms with Crippen LogP contribution in [-0.4, -0.2) is 24.2 Å². The number of rotatable bonds is 7. The number of aryl methyl sites for hydroxylation is 1. The standard InChI is InChI=1S/C35H37ClN2O4S/c1-20(2)41-34(40)22-7-14-27(21(3)17-22)29-16-13-26(42-29)19-37-33-31(32(39)38-25-11-9-24(36)10-12-25)28-15-8-23(35(4,5)6)18-30(28)43-33/h7,9-14,16-17,19-20,23H,8,15,18H2,1-6H3,(H,38,39)/t23-/m1/s1. The average Bonchev–Trinajstić information content (AvgIpc) is 3.56. The predicted molar refractivity (Wildman–Crippen MR) is 175 cm³/mol. The molecule has 1 amide bonds. The minimum atomic E-state index is -0.347. The molecule has 0 radical (unpaired) electrons. The van der Waals surface area contributed by atoms with Crippen molar-refractivity contribution in [3.8, 4) is 11.3 Å². The van der Waals surface area contributed by atoms with Crippen LogP contribution in [0.1, 0.15) is 83.5 Å². The molecule has 0 fully saturated rings. The number of amides is 1. The predicted octanol–water partition coefficient (Wildman–Crippen LogP) is 9.69. The minimum absolute atomic E-state index is 0.173. The van der Waals surface area contributed by atoms with Crippen molar-refractivity contribution in [3.05, 3.63) is 92.5 Å². The van der Waals surface area contributed by atoms with Gasteiger partial charge < -0.3 is 14.5 Å². The highest BCUT2D eigenvalue weighted by Gasteiger charge is 2.33. The van der Waals surface area contributed by atoms with Crippen LogP contribution in [0, 0.1) is 18.3 Å². The molecule has 43 heavy (non-hydrogen) atoms. The maximum Gasteiger partial charge on any atom is 0.338 e. The second-order valence-electron chi connectivity index (χ2n) is 12.4. The third-order valence-corrected chi connectivity index (χ3v) is 9.22. The molecule has 0 bridgehead atoms. The lowest BCUT2D eigenvalue weighted by Gasteiger charge is -2.33. The molecule has 2 aromatic carbocycles. The summed E-state index contributed by atoms with van der Waals surface area (Å²) in [4.78, 5) is 32.0. The van der Waals surface area contributed by atoms with Crippen molar-refractivity contribution in [2.45, 2.75) is 66.9 Å². The van der Waals surface area contributed by atoms with Crippen molar-refractivity contribution in [1.82, 2.24) is 0 Å². The molecule has 0 aliphatic heterocycles. The first-order valence-corrected chi connectivity index (χ1v) is 15.8. The zero-order valence-electron chi connectivity index (χ0n) is 25.4. The molecule has 1 atom stereocenters. The van der Waals surface area contributed by atoms with Gasteiger partial charge in [0.25, 0.3) is 5.91 Å². The number of carbonyl (C=O) groups excluding carboxylic acids is 2. The van der Waals surface area contributed by atoms with Gasteiger partial charge in [0.05, 0.1) is 23.4 Å². The largest absolute Gasteiger partial charge is 0.459 e. The molecular formula is C35H37ClN2O4S. The number of benzene rings is 2. The van der Waals surface area contributed by atoms with Crippen LogP contribution >= 0.6 is 22.9 Å². The van der Waals surface area contributed by atoms with Crippen LogP contribution in [0.3, 0.4) is 0 Å². The Balaban J connectivity index is 1.42. The number of esters is 1. The molecule has 8 heteroatoms. The van der Waals surface area contributed by atoms with Crippen molar-refractivity contribution in [1.29, 1.82) is 0 Å². The van der Waals surface area contributed by atoms with Crippen molar-refractivity contribution in [2.75, 3.05) is 5.32 Å². The van der Waals surface area contributed by atoms with Crippen LogP contribution in [-0.2, 0) is 17.6 Å². The van der Waals surface area contributed by atoms with Crippen LogP contribution in [0.5, 0.6) is 0 Å². The molecule has 0 unspecified atom stereocenters. The Morgan fingerprint density at radius 2 is 1.86 bits per heavy atom. The monoisotopic (exact) mass is 616 g/mol. The van der Waals surface area contributed by atoms with Crippen molar-refractivity contribution in [3.63, 3.8) is 0 Å². The molecule has 2 heterocycles. The van der Waals surface area contributed by atoms with Gasteiger partial charge in [0.2, 0.25) is 0 Å². The zero-order valence-corrected chi connectivity index (χ0v) is 27.0. The van der Waals surface area contributed by atoms with Gasteiger partial charge >= 0.3 is 5.97 Å². The third-order valence-electron chi connectivity index (χ3n) is 7.81. The highest BCUT2D eigenvalue weighted by Crippen LogP contribution is 2.45. The number of halogens is 1. The van der Waals surface area contributed by atoms with E-state index in [1.54, 1.807) is 47.9 Å². The highest BCUT2D eigenvalue weighted by atomic mass is 35.5. The number of aliphatic imine (C=N–C) groups is 1. The lowest BCUT2D eigenvalue weighted by atomic mass is 9.72. The maximum atomic E-state index is 13.6. The van der Waals surface area contributed by atoms with Gasteiger partial charge in [-0.05, 0) is 111 Å². The summed E-state index contributed by atoms with van der Waals surface area (Å²) in [6, 6.07) is 16.3. The van der Waals surface area contributed by atoms with Crippen molar-refractivity contribution in [2.24, 2.45) is 16.3 Å². The fourth-order valence-corrected chi connectivity index (χ4v) is 6.80. The molecule has 2 aromatic heterocycles. The molecule has 5 rings (SSSR count). The summed E-state index contributed by atoms with van der Waals surface area (Å²) in [5.41, 5.74) is 4.87. The Morgan fingerprint density at radius 3 is 2.53 bits per heavy atom. The van der Waals surface area contributed by atoms with E-state index in [4.69, 9.17) is 25.7 Å². The van der Waals surface area contributed by atoms with E-state index in [1.165, 1.54) is 4.88 Å². The zero-order chi connectivity index (χ0) is 30.9. The highest BCUT2D eigenvalue weighted by molar-refractivity contribution is 7.16.